The van der Waals surface area contributed by atoms with Crippen LogP contribution in [0.4, 0.5) is 0 Å². The standard InChI is InChI=1S/C24H16Br2O/c25-21-15-19(17-7-3-1-4-8-17)11-13-23(21)27-24-14-12-20(16-22(24)26)18-9-5-2-6-10-18/h1-16H. The zero-order valence-corrected chi connectivity index (χ0v) is 17.6. The monoisotopic (exact) mass is 478 g/mol. The van der Waals surface area contributed by atoms with Crippen molar-refractivity contribution in [2.24, 2.45) is 0 Å². The number of rotatable bonds is 4. The molecule has 0 radical (unpaired) electrons. The van der Waals surface area contributed by atoms with Crippen LogP contribution in [0, 0.1) is 0 Å². The van der Waals surface area contributed by atoms with E-state index in [0.717, 1.165) is 31.6 Å². The molecule has 0 amide bonds. The Morgan fingerprint density at radius 1 is 0.444 bits per heavy atom. The highest BCUT2D eigenvalue weighted by Gasteiger charge is 2.09. The van der Waals surface area contributed by atoms with Gasteiger partial charge in [-0.3, -0.25) is 0 Å². The number of hydrogen-bond acceptors (Lipinski definition) is 1. The molecule has 4 rings (SSSR count). The summed E-state index contributed by atoms with van der Waals surface area (Å²) in [4.78, 5) is 0. The number of benzene rings is 4. The highest BCUT2D eigenvalue weighted by molar-refractivity contribution is 9.11. The zero-order chi connectivity index (χ0) is 18.6. The highest BCUT2D eigenvalue weighted by atomic mass is 79.9. The molecule has 0 N–H and O–H groups in total. The van der Waals surface area contributed by atoms with E-state index in [2.05, 4.69) is 80.4 Å². The lowest BCUT2D eigenvalue weighted by Gasteiger charge is -2.12. The molecule has 0 aliphatic rings. The second kappa shape index (κ2) is 8.12. The van der Waals surface area contributed by atoms with Crippen molar-refractivity contribution < 1.29 is 4.74 Å². The number of halogens is 2. The van der Waals surface area contributed by atoms with Gasteiger partial charge >= 0.3 is 0 Å². The summed E-state index contributed by atoms with van der Waals surface area (Å²) in [6.45, 7) is 0. The summed E-state index contributed by atoms with van der Waals surface area (Å²) < 4.78 is 7.97. The molecule has 0 saturated carbocycles. The van der Waals surface area contributed by atoms with Crippen LogP contribution in [0.5, 0.6) is 11.5 Å². The van der Waals surface area contributed by atoms with Gasteiger partial charge in [-0.05, 0) is 78.4 Å². The molecule has 4 aromatic carbocycles. The molecule has 3 heteroatoms. The van der Waals surface area contributed by atoms with E-state index < -0.39 is 0 Å². The molecule has 0 fully saturated rings. The van der Waals surface area contributed by atoms with Gasteiger partial charge in [0.2, 0.25) is 0 Å². The van der Waals surface area contributed by atoms with Gasteiger partial charge in [-0.25, -0.2) is 0 Å². The van der Waals surface area contributed by atoms with E-state index in [0.29, 0.717) is 0 Å². The van der Waals surface area contributed by atoms with Gasteiger partial charge in [0.15, 0.2) is 0 Å². The molecule has 1 nitrogen and oxygen atoms in total. The summed E-state index contributed by atoms with van der Waals surface area (Å²) in [7, 11) is 0. The van der Waals surface area contributed by atoms with E-state index in [1.54, 1.807) is 0 Å². The highest BCUT2D eigenvalue weighted by Crippen LogP contribution is 2.37. The van der Waals surface area contributed by atoms with Crippen LogP contribution in [0.3, 0.4) is 0 Å². The number of hydrogen-bond donors (Lipinski definition) is 0. The normalized spacial score (nSPS) is 10.6. The first-order valence-electron chi connectivity index (χ1n) is 8.58. The van der Waals surface area contributed by atoms with Crippen LogP contribution in [0.25, 0.3) is 22.3 Å². The van der Waals surface area contributed by atoms with Gasteiger partial charge in [-0.1, -0.05) is 72.8 Å². The van der Waals surface area contributed by atoms with Crippen molar-refractivity contribution in [2.75, 3.05) is 0 Å². The van der Waals surface area contributed by atoms with E-state index in [4.69, 9.17) is 4.74 Å². The number of ether oxygens (including phenoxy) is 1. The smallest absolute Gasteiger partial charge is 0.141 e. The third-order valence-electron chi connectivity index (χ3n) is 4.30. The van der Waals surface area contributed by atoms with Crippen LogP contribution < -0.4 is 4.74 Å². The Morgan fingerprint density at radius 3 is 1.22 bits per heavy atom. The summed E-state index contributed by atoms with van der Waals surface area (Å²) in [5, 5.41) is 0. The SMILES string of the molecule is Brc1cc(-c2ccccc2)ccc1Oc1ccc(-c2ccccc2)cc1Br. The molecular formula is C24H16Br2O. The maximum atomic E-state index is 6.13. The molecule has 0 saturated heterocycles. The third-order valence-corrected chi connectivity index (χ3v) is 5.54. The lowest BCUT2D eigenvalue weighted by molar-refractivity contribution is 0.477. The molecule has 0 spiro atoms. The minimum atomic E-state index is 0.780. The van der Waals surface area contributed by atoms with Crippen LogP contribution >= 0.6 is 31.9 Å². The van der Waals surface area contributed by atoms with Gasteiger partial charge in [0.25, 0.3) is 0 Å². The first kappa shape index (κ1) is 18.0. The Hall–Kier alpha value is -2.36. The largest absolute Gasteiger partial charge is 0.455 e. The lowest BCUT2D eigenvalue weighted by atomic mass is 10.1. The molecule has 4 aromatic rings. The molecule has 0 aliphatic heterocycles. The second-order valence-electron chi connectivity index (χ2n) is 6.12. The maximum Gasteiger partial charge on any atom is 0.141 e. The van der Waals surface area contributed by atoms with Gasteiger partial charge in [-0.2, -0.15) is 0 Å². The predicted molar refractivity (Wildman–Crippen MR) is 119 cm³/mol. The van der Waals surface area contributed by atoms with Crippen LogP contribution in [-0.2, 0) is 0 Å². The van der Waals surface area contributed by atoms with E-state index in [-0.39, 0.29) is 0 Å². The van der Waals surface area contributed by atoms with Crippen molar-refractivity contribution in [1.29, 1.82) is 0 Å². The second-order valence-corrected chi connectivity index (χ2v) is 7.83. The first-order valence-corrected chi connectivity index (χ1v) is 10.2. The van der Waals surface area contributed by atoms with E-state index in [9.17, 15) is 0 Å². The van der Waals surface area contributed by atoms with Crippen LogP contribution in [0.1, 0.15) is 0 Å². The average Bonchev–Trinajstić information content (AvgIpc) is 2.72. The maximum absolute atomic E-state index is 6.13. The Balaban J connectivity index is 1.59. The fourth-order valence-electron chi connectivity index (χ4n) is 2.91. The molecule has 27 heavy (non-hydrogen) atoms. The van der Waals surface area contributed by atoms with Crippen molar-refractivity contribution >= 4 is 31.9 Å². The molecule has 0 bridgehead atoms. The van der Waals surface area contributed by atoms with Crippen molar-refractivity contribution in [3.05, 3.63) is 106 Å². The third kappa shape index (κ3) is 4.15. The average molecular weight is 480 g/mol. The van der Waals surface area contributed by atoms with Crippen LogP contribution in [-0.4, -0.2) is 0 Å². The summed E-state index contributed by atoms with van der Waals surface area (Å²) >= 11 is 7.27. The molecule has 0 atom stereocenters. The minimum Gasteiger partial charge on any atom is -0.455 e. The Morgan fingerprint density at radius 2 is 0.852 bits per heavy atom. The molecule has 132 valence electrons. The van der Waals surface area contributed by atoms with E-state index >= 15 is 0 Å². The quantitative estimate of drug-likeness (QED) is 0.285. The first-order chi connectivity index (χ1) is 13.2. The molecule has 0 aromatic heterocycles. The predicted octanol–water partition coefficient (Wildman–Crippen LogP) is 8.34. The summed E-state index contributed by atoms with van der Waals surface area (Å²) in [6, 6.07) is 32.9. The van der Waals surface area contributed by atoms with Crippen LogP contribution in [0.15, 0.2) is 106 Å². The van der Waals surface area contributed by atoms with Gasteiger partial charge in [0.05, 0.1) is 8.95 Å². The molecule has 0 unspecified atom stereocenters. The summed E-state index contributed by atoms with van der Waals surface area (Å²) in [5.74, 6) is 1.56. The Kier molecular flexibility index (Phi) is 5.42. The van der Waals surface area contributed by atoms with E-state index in [1.165, 1.54) is 11.1 Å². The minimum absolute atomic E-state index is 0.780. The Bertz CT molecular complexity index is 973. The lowest BCUT2D eigenvalue weighted by Crippen LogP contribution is -1.88. The fourth-order valence-corrected chi connectivity index (χ4v) is 3.83. The topological polar surface area (TPSA) is 9.23 Å². The van der Waals surface area contributed by atoms with Gasteiger partial charge in [0, 0.05) is 0 Å². The van der Waals surface area contributed by atoms with Gasteiger partial charge in [0.1, 0.15) is 11.5 Å². The molecular weight excluding hydrogens is 464 g/mol. The van der Waals surface area contributed by atoms with Crippen molar-refractivity contribution in [3.8, 4) is 33.8 Å². The van der Waals surface area contributed by atoms with Crippen LogP contribution in [0.2, 0.25) is 0 Å². The summed E-state index contributed by atoms with van der Waals surface area (Å²) in [5.41, 5.74) is 4.65. The summed E-state index contributed by atoms with van der Waals surface area (Å²) in [6.07, 6.45) is 0. The van der Waals surface area contributed by atoms with Crippen molar-refractivity contribution in [3.63, 3.8) is 0 Å². The van der Waals surface area contributed by atoms with E-state index in [1.807, 2.05) is 48.5 Å². The zero-order valence-electron chi connectivity index (χ0n) is 14.4. The van der Waals surface area contributed by atoms with Crippen molar-refractivity contribution in [1.82, 2.24) is 0 Å². The molecule has 0 aliphatic carbocycles. The van der Waals surface area contributed by atoms with Crippen molar-refractivity contribution in [2.45, 2.75) is 0 Å². The molecule has 0 heterocycles. The van der Waals surface area contributed by atoms with Gasteiger partial charge < -0.3 is 4.74 Å². The fraction of sp³-hybridized carbons (Fsp3) is 0. The Labute approximate surface area is 175 Å². The van der Waals surface area contributed by atoms with Gasteiger partial charge in [-0.15, -0.1) is 0 Å².